The highest BCUT2D eigenvalue weighted by Crippen LogP contribution is 2.26. The van der Waals surface area contributed by atoms with Crippen molar-refractivity contribution < 1.29 is 13.2 Å². The van der Waals surface area contributed by atoms with Crippen LogP contribution in [-0.4, -0.2) is 26.6 Å². The van der Waals surface area contributed by atoms with Crippen LogP contribution in [0.5, 0.6) is 0 Å². The first-order chi connectivity index (χ1) is 11.1. The SMILES string of the molecule is Cc1ccc(C)c(N(C(=O)c2ccc(S(C)(=O)=O)cc2)C(C)C)c1. The smallest absolute Gasteiger partial charge is 0.258 e. The lowest BCUT2D eigenvalue weighted by Gasteiger charge is -2.29. The Morgan fingerprint density at radius 1 is 1.00 bits per heavy atom. The van der Waals surface area contributed by atoms with Gasteiger partial charge in [0.1, 0.15) is 0 Å². The number of hydrogen-bond donors (Lipinski definition) is 0. The number of rotatable bonds is 4. The summed E-state index contributed by atoms with van der Waals surface area (Å²) in [6.07, 6.45) is 1.15. The fraction of sp³-hybridized carbons (Fsp3) is 0.316. The predicted molar refractivity (Wildman–Crippen MR) is 97.4 cm³/mol. The molecular formula is C19H23NO3S. The highest BCUT2D eigenvalue weighted by molar-refractivity contribution is 7.90. The highest BCUT2D eigenvalue weighted by atomic mass is 32.2. The van der Waals surface area contributed by atoms with Crippen LogP contribution in [0.2, 0.25) is 0 Å². The van der Waals surface area contributed by atoms with Crippen molar-refractivity contribution in [1.82, 2.24) is 0 Å². The van der Waals surface area contributed by atoms with Crippen LogP contribution < -0.4 is 4.90 Å². The topological polar surface area (TPSA) is 54.5 Å². The zero-order chi connectivity index (χ0) is 18.1. The van der Waals surface area contributed by atoms with Crippen LogP contribution in [0, 0.1) is 13.8 Å². The van der Waals surface area contributed by atoms with Gasteiger partial charge in [0.05, 0.1) is 4.90 Å². The minimum Gasteiger partial charge on any atom is -0.306 e. The third-order valence-corrected chi connectivity index (χ3v) is 5.02. The Bertz CT molecular complexity index is 853. The lowest BCUT2D eigenvalue weighted by Crippen LogP contribution is -2.37. The van der Waals surface area contributed by atoms with Crippen molar-refractivity contribution in [1.29, 1.82) is 0 Å². The van der Waals surface area contributed by atoms with Gasteiger partial charge >= 0.3 is 0 Å². The number of carbonyl (C=O) groups excluding carboxylic acids is 1. The number of hydrogen-bond acceptors (Lipinski definition) is 3. The van der Waals surface area contributed by atoms with Crippen LogP contribution in [0.25, 0.3) is 0 Å². The average Bonchev–Trinajstić information content (AvgIpc) is 2.50. The molecule has 0 aromatic heterocycles. The van der Waals surface area contributed by atoms with Crippen molar-refractivity contribution >= 4 is 21.4 Å². The van der Waals surface area contributed by atoms with Gasteiger partial charge in [-0.1, -0.05) is 12.1 Å². The molecule has 128 valence electrons. The summed E-state index contributed by atoms with van der Waals surface area (Å²) in [5, 5.41) is 0. The Morgan fingerprint density at radius 3 is 2.08 bits per heavy atom. The van der Waals surface area contributed by atoms with Crippen LogP contribution in [-0.2, 0) is 9.84 Å². The van der Waals surface area contributed by atoms with Crippen LogP contribution in [0.1, 0.15) is 35.3 Å². The Labute approximate surface area is 144 Å². The van der Waals surface area contributed by atoms with Crippen molar-refractivity contribution in [3.8, 4) is 0 Å². The van der Waals surface area contributed by atoms with E-state index in [2.05, 4.69) is 0 Å². The molecule has 5 heteroatoms. The summed E-state index contributed by atoms with van der Waals surface area (Å²) in [4.78, 5) is 14.9. The summed E-state index contributed by atoms with van der Waals surface area (Å²) in [7, 11) is -3.27. The number of aryl methyl sites for hydroxylation is 2. The first-order valence-corrected chi connectivity index (χ1v) is 9.71. The lowest BCUT2D eigenvalue weighted by atomic mass is 10.1. The number of anilines is 1. The monoisotopic (exact) mass is 345 g/mol. The third kappa shape index (κ3) is 3.85. The summed E-state index contributed by atoms with van der Waals surface area (Å²) in [6.45, 7) is 7.89. The normalized spacial score (nSPS) is 11.6. The average molecular weight is 345 g/mol. The van der Waals surface area contributed by atoms with Gasteiger partial charge in [-0.3, -0.25) is 4.79 Å². The van der Waals surface area contributed by atoms with E-state index < -0.39 is 9.84 Å². The summed E-state index contributed by atoms with van der Waals surface area (Å²) in [5.41, 5.74) is 3.45. The summed E-state index contributed by atoms with van der Waals surface area (Å²) >= 11 is 0. The summed E-state index contributed by atoms with van der Waals surface area (Å²) in [5.74, 6) is -0.140. The van der Waals surface area contributed by atoms with E-state index >= 15 is 0 Å². The standard InChI is InChI=1S/C19H23NO3S/c1-13(2)20(18-12-14(3)6-7-15(18)4)19(21)16-8-10-17(11-9-16)24(5,22)23/h6-13H,1-5H3. The highest BCUT2D eigenvalue weighted by Gasteiger charge is 2.22. The number of nitrogens with zero attached hydrogens (tertiary/aromatic N) is 1. The Balaban J connectivity index is 2.45. The molecule has 0 saturated heterocycles. The van der Waals surface area contributed by atoms with Gasteiger partial charge < -0.3 is 4.90 Å². The molecular weight excluding hydrogens is 322 g/mol. The molecule has 4 nitrogen and oxygen atoms in total. The minimum absolute atomic E-state index is 0.0208. The maximum absolute atomic E-state index is 13.0. The van der Waals surface area contributed by atoms with Gasteiger partial charge in [0.25, 0.3) is 5.91 Å². The maximum Gasteiger partial charge on any atom is 0.258 e. The van der Waals surface area contributed by atoms with Crippen molar-refractivity contribution in [3.63, 3.8) is 0 Å². The van der Waals surface area contributed by atoms with E-state index in [0.717, 1.165) is 23.1 Å². The van der Waals surface area contributed by atoms with Crippen molar-refractivity contribution in [3.05, 3.63) is 59.2 Å². The molecule has 0 atom stereocenters. The van der Waals surface area contributed by atoms with Gasteiger partial charge in [-0.25, -0.2) is 8.42 Å². The number of amides is 1. The summed E-state index contributed by atoms with van der Waals surface area (Å²) in [6, 6.07) is 12.1. The molecule has 0 radical (unpaired) electrons. The number of benzene rings is 2. The predicted octanol–water partition coefficient (Wildman–Crippen LogP) is 3.76. The molecule has 0 aliphatic rings. The quantitative estimate of drug-likeness (QED) is 0.848. The zero-order valence-corrected chi connectivity index (χ0v) is 15.5. The second-order valence-electron chi connectivity index (χ2n) is 6.36. The molecule has 0 heterocycles. The summed E-state index contributed by atoms with van der Waals surface area (Å²) < 4.78 is 23.1. The maximum atomic E-state index is 13.0. The largest absolute Gasteiger partial charge is 0.306 e. The van der Waals surface area contributed by atoms with Crippen molar-refractivity contribution in [2.45, 2.75) is 38.6 Å². The van der Waals surface area contributed by atoms with Crippen LogP contribution >= 0.6 is 0 Å². The van der Waals surface area contributed by atoms with E-state index in [4.69, 9.17) is 0 Å². The molecule has 2 aromatic carbocycles. The molecule has 0 fully saturated rings. The van der Waals surface area contributed by atoms with Gasteiger partial charge in [-0.2, -0.15) is 0 Å². The second kappa shape index (κ2) is 6.77. The number of carbonyl (C=O) groups is 1. The Hall–Kier alpha value is -2.14. The van der Waals surface area contributed by atoms with E-state index in [0.29, 0.717) is 5.56 Å². The first-order valence-electron chi connectivity index (χ1n) is 7.82. The molecule has 0 spiro atoms. The van der Waals surface area contributed by atoms with Gasteiger partial charge in [-0.15, -0.1) is 0 Å². The Kier molecular flexibility index (Phi) is 5.13. The molecule has 0 saturated carbocycles. The molecule has 0 aliphatic carbocycles. The van der Waals surface area contributed by atoms with E-state index in [1.165, 1.54) is 12.1 Å². The van der Waals surface area contributed by atoms with Crippen LogP contribution in [0.4, 0.5) is 5.69 Å². The molecule has 2 rings (SSSR count). The minimum atomic E-state index is -3.27. The fourth-order valence-electron chi connectivity index (χ4n) is 2.58. The molecule has 0 aliphatic heterocycles. The van der Waals surface area contributed by atoms with Gasteiger partial charge in [-0.05, 0) is 69.2 Å². The van der Waals surface area contributed by atoms with E-state index in [9.17, 15) is 13.2 Å². The molecule has 0 bridgehead atoms. The second-order valence-corrected chi connectivity index (χ2v) is 8.37. The number of sulfone groups is 1. The third-order valence-electron chi connectivity index (χ3n) is 3.89. The fourth-order valence-corrected chi connectivity index (χ4v) is 3.22. The molecule has 2 aromatic rings. The van der Waals surface area contributed by atoms with Crippen molar-refractivity contribution in [2.24, 2.45) is 0 Å². The molecule has 1 amide bonds. The van der Waals surface area contributed by atoms with Gasteiger partial charge in [0.15, 0.2) is 9.84 Å². The van der Waals surface area contributed by atoms with Crippen LogP contribution in [0.15, 0.2) is 47.4 Å². The van der Waals surface area contributed by atoms with Gasteiger partial charge in [0, 0.05) is 23.5 Å². The van der Waals surface area contributed by atoms with E-state index in [-0.39, 0.29) is 16.8 Å². The van der Waals surface area contributed by atoms with Crippen molar-refractivity contribution in [2.75, 3.05) is 11.2 Å². The van der Waals surface area contributed by atoms with E-state index in [1.54, 1.807) is 17.0 Å². The zero-order valence-electron chi connectivity index (χ0n) is 14.7. The Morgan fingerprint density at radius 2 is 1.58 bits per heavy atom. The van der Waals surface area contributed by atoms with Gasteiger partial charge in [0.2, 0.25) is 0 Å². The first kappa shape index (κ1) is 18.2. The lowest BCUT2D eigenvalue weighted by molar-refractivity contribution is 0.0980. The van der Waals surface area contributed by atoms with Crippen LogP contribution in [0.3, 0.4) is 0 Å². The molecule has 0 unspecified atom stereocenters. The molecule has 24 heavy (non-hydrogen) atoms. The molecule has 0 N–H and O–H groups in total. The van der Waals surface area contributed by atoms with E-state index in [1.807, 2.05) is 45.9 Å².